The summed E-state index contributed by atoms with van der Waals surface area (Å²) in [5.41, 5.74) is 2.06. The Bertz CT molecular complexity index is 344. The van der Waals surface area contributed by atoms with Crippen LogP contribution in [0, 0.1) is 5.92 Å². The van der Waals surface area contributed by atoms with Gasteiger partial charge in [-0.2, -0.15) is 0 Å². The van der Waals surface area contributed by atoms with Crippen LogP contribution in [0.4, 0.5) is 0 Å². The summed E-state index contributed by atoms with van der Waals surface area (Å²) in [6, 6.07) is 7.88. The molecule has 15 heavy (non-hydrogen) atoms. The van der Waals surface area contributed by atoms with Crippen molar-refractivity contribution in [2.75, 3.05) is 0 Å². The van der Waals surface area contributed by atoms with Gasteiger partial charge in [-0.1, -0.05) is 44.2 Å². The van der Waals surface area contributed by atoms with Crippen molar-refractivity contribution in [2.24, 2.45) is 5.92 Å². The number of ketones is 1. The van der Waals surface area contributed by atoms with Crippen LogP contribution in [0.25, 0.3) is 0 Å². The molecule has 0 spiro atoms. The minimum Gasteiger partial charge on any atom is -0.289 e. The molecule has 0 fully saturated rings. The highest BCUT2D eigenvalue weighted by Gasteiger charge is 2.02. The van der Waals surface area contributed by atoms with Crippen LogP contribution in [0.5, 0.6) is 0 Å². The summed E-state index contributed by atoms with van der Waals surface area (Å²) in [5.74, 6) is 0.732. The van der Waals surface area contributed by atoms with Crippen LogP contribution in [0.1, 0.15) is 36.7 Å². The summed E-state index contributed by atoms with van der Waals surface area (Å²) in [5, 5.41) is 0. The number of hydrogen-bond acceptors (Lipinski definition) is 1. The predicted molar refractivity (Wildman–Crippen MR) is 64.1 cm³/mol. The third kappa shape index (κ3) is 3.70. The lowest BCUT2D eigenvalue weighted by Crippen LogP contribution is -1.97. The van der Waals surface area contributed by atoms with Crippen molar-refractivity contribution in [3.63, 3.8) is 0 Å². The summed E-state index contributed by atoms with van der Waals surface area (Å²) in [6.07, 6.45) is 4.43. The van der Waals surface area contributed by atoms with Crippen LogP contribution < -0.4 is 0 Å². The van der Waals surface area contributed by atoms with Crippen molar-refractivity contribution in [2.45, 2.75) is 27.2 Å². The van der Waals surface area contributed by atoms with Gasteiger partial charge in [-0.05, 0) is 30.9 Å². The number of carbonyl (C=O) groups is 1. The number of carbonyl (C=O) groups excluding carboxylic acids is 1. The molecule has 0 unspecified atom stereocenters. The first kappa shape index (κ1) is 11.7. The first-order chi connectivity index (χ1) is 7.13. The third-order valence-electron chi connectivity index (χ3n) is 2.20. The highest BCUT2D eigenvalue weighted by Crippen LogP contribution is 2.10. The molecule has 0 atom stereocenters. The minimum atomic E-state index is 0.0774. The molecule has 0 saturated heterocycles. The van der Waals surface area contributed by atoms with Crippen molar-refractivity contribution < 1.29 is 4.79 Å². The average Bonchev–Trinajstić information content (AvgIpc) is 2.18. The fraction of sp³-hybridized carbons (Fsp3) is 0.357. The van der Waals surface area contributed by atoms with Gasteiger partial charge in [0.05, 0.1) is 0 Å². The van der Waals surface area contributed by atoms with Gasteiger partial charge in [-0.3, -0.25) is 4.79 Å². The largest absolute Gasteiger partial charge is 0.289 e. The molecular weight excluding hydrogens is 184 g/mol. The van der Waals surface area contributed by atoms with E-state index in [4.69, 9.17) is 0 Å². The zero-order valence-corrected chi connectivity index (χ0v) is 9.66. The lowest BCUT2D eigenvalue weighted by molar-refractivity contribution is 0.104. The Morgan fingerprint density at radius 3 is 2.33 bits per heavy atom. The summed E-state index contributed by atoms with van der Waals surface area (Å²) >= 11 is 0. The van der Waals surface area contributed by atoms with Crippen LogP contribution >= 0.6 is 0 Å². The van der Waals surface area contributed by atoms with Gasteiger partial charge in [0.1, 0.15) is 0 Å². The van der Waals surface area contributed by atoms with Crippen LogP contribution in [-0.2, 0) is 6.42 Å². The van der Waals surface area contributed by atoms with Crippen molar-refractivity contribution in [1.29, 1.82) is 0 Å². The molecule has 0 aliphatic rings. The molecule has 80 valence electrons. The van der Waals surface area contributed by atoms with Crippen molar-refractivity contribution in [3.05, 3.63) is 47.5 Å². The molecule has 1 aromatic rings. The maximum absolute atomic E-state index is 11.5. The fourth-order valence-corrected chi connectivity index (χ4v) is 1.52. The fourth-order valence-electron chi connectivity index (χ4n) is 1.52. The van der Waals surface area contributed by atoms with Gasteiger partial charge >= 0.3 is 0 Å². The molecule has 0 N–H and O–H groups in total. The first-order valence-electron chi connectivity index (χ1n) is 5.39. The molecule has 0 bridgehead atoms. The second-order valence-electron chi connectivity index (χ2n) is 4.16. The lowest BCUT2D eigenvalue weighted by Gasteiger charge is -2.04. The van der Waals surface area contributed by atoms with E-state index in [0.717, 1.165) is 12.0 Å². The number of rotatable bonds is 4. The molecule has 0 heterocycles. The van der Waals surface area contributed by atoms with Crippen molar-refractivity contribution in [1.82, 2.24) is 0 Å². The predicted octanol–water partition coefficient (Wildman–Crippen LogP) is 3.64. The van der Waals surface area contributed by atoms with Crippen LogP contribution in [0.2, 0.25) is 0 Å². The maximum Gasteiger partial charge on any atom is 0.185 e. The molecule has 0 amide bonds. The molecule has 0 aliphatic carbocycles. The van der Waals surface area contributed by atoms with Crippen LogP contribution in [0.15, 0.2) is 36.4 Å². The SMILES string of the molecule is C/C=C/C(=O)c1ccc(CC(C)C)cc1. The monoisotopic (exact) mass is 202 g/mol. The number of hydrogen-bond donors (Lipinski definition) is 0. The van der Waals surface area contributed by atoms with Crippen LogP contribution in [0.3, 0.4) is 0 Å². The van der Waals surface area contributed by atoms with Crippen molar-refractivity contribution in [3.8, 4) is 0 Å². The molecule has 0 aromatic heterocycles. The quantitative estimate of drug-likeness (QED) is 0.538. The summed E-state index contributed by atoms with van der Waals surface area (Å²) in [4.78, 5) is 11.5. The van der Waals surface area contributed by atoms with E-state index >= 15 is 0 Å². The molecule has 1 rings (SSSR count). The Balaban J connectivity index is 2.76. The smallest absolute Gasteiger partial charge is 0.185 e. The van der Waals surface area contributed by atoms with Gasteiger partial charge in [0.2, 0.25) is 0 Å². The standard InChI is InChI=1S/C14H18O/c1-4-5-14(15)13-8-6-12(7-9-13)10-11(2)3/h4-9,11H,10H2,1-3H3/b5-4+. The molecule has 1 heteroatoms. The lowest BCUT2D eigenvalue weighted by atomic mass is 10.0. The van der Waals surface area contributed by atoms with E-state index in [2.05, 4.69) is 13.8 Å². The Kier molecular flexibility index (Phi) is 4.29. The van der Waals surface area contributed by atoms with Gasteiger partial charge in [0.15, 0.2) is 5.78 Å². The molecule has 0 aliphatic heterocycles. The molecular formula is C14H18O. The van der Waals surface area contributed by atoms with E-state index < -0.39 is 0 Å². The maximum atomic E-state index is 11.5. The summed E-state index contributed by atoms with van der Waals surface area (Å²) in [7, 11) is 0. The second kappa shape index (κ2) is 5.50. The Labute approximate surface area is 91.8 Å². The summed E-state index contributed by atoms with van der Waals surface area (Å²) < 4.78 is 0. The van der Waals surface area contributed by atoms with Gasteiger partial charge in [0, 0.05) is 5.56 Å². The Morgan fingerprint density at radius 1 is 1.27 bits per heavy atom. The zero-order chi connectivity index (χ0) is 11.3. The van der Waals surface area contributed by atoms with E-state index in [0.29, 0.717) is 5.92 Å². The van der Waals surface area contributed by atoms with Crippen LogP contribution in [-0.4, -0.2) is 5.78 Å². The van der Waals surface area contributed by atoms with E-state index in [1.165, 1.54) is 5.56 Å². The normalized spacial score (nSPS) is 11.2. The minimum absolute atomic E-state index is 0.0774. The molecule has 0 saturated carbocycles. The highest BCUT2D eigenvalue weighted by atomic mass is 16.1. The van der Waals surface area contributed by atoms with E-state index in [1.807, 2.05) is 31.2 Å². The Morgan fingerprint density at radius 2 is 1.87 bits per heavy atom. The topological polar surface area (TPSA) is 17.1 Å². The van der Waals surface area contributed by atoms with Gasteiger partial charge in [-0.15, -0.1) is 0 Å². The van der Waals surface area contributed by atoms with Gasteiger partial charge < -0.3 is 0 Å². The number of benzene rings is 1. The van der Waals surface area contributed by atoms with Crippen molar-refractivity contribution >= 4 is 5.78 Å². The van der Waals surface area contributed by atoms with Gasteiger partial charge in [0.25, 0.3) is 0 Å². The second-order valence-corrected chi connectivity index (χ2v) is 4.16. The van der Waals surface area contributed by atoms with Gasteiger partial charge in [-0.25, -0.2) is 0 Å². The van der Waals surface area contributed by atoms with E-state index in [9.17, 15) is 4.79 Å². The Hall–Kier alpha value is -1.37. The van der Waals surface area contributed by atoms with E-state index in [1.54, 1.807) is 12.2 Å². The highest BCUT2D eigenvalue weighted by molar-refractivity contribution is 6.04. The zero-order valence-electron chi connectivity index (χ0n) is 9.66. The third-order valence-corrected chi connectivity index (χ3v) is 2.20. The molecule has 0 radical (unpaired) electrons. The average molecular weight is 202 g/mol. The first-order valence-corrected chi connectivity index (χ1v) is 5.39. The number of allylic oxidation sites excluding steroid dienone is 2. The molecule has 1 aromatic carbocycles. The van der Waals surface area contributed by atoms with E-state index in [-0.39, 0.29) is 5.78 Å². The summed E-state index contributed by atoms with van der Waals surface area (Å²) in [6.45, 7) is 6.24. The molecule has 1 nitrogen and oxygen atoms in total.